The zero-order chi connectivity index (χ0) is 22.4. The molecule has 0 atom stereocenters. The van der Waals surface area contributed by atoms with Gasteiger partial charge in [-0.2, -0.15) is 0 Å². The number of nitrogens with zero attached hydrogens (tertiary/aromatic N) is 1. The number of aromatic nitrogens is 2. The number of benzene rings is 1. The smallest absolute Gasteiger partial charge is 0.340 e. The molecule has 3 rings (SSSR count). The standard InChI is InChI=1S/C24H28N2O5/c1-16-13-19(17(2)26(16)12-8-4-5-11-23(28)30-3)22(27)15-31-24(29)20-14-25-21-10-7-6-9-18(20)21/h6-7,9-10,13-14,25H,4-5,8,11-12,15H2,1-3H3. The summed E-state index contributed by atoms with van der Waals surface area (Å²) in [6, 6.07) is 9.28. The van der Waals surface area contributed by atoms with Crippen molar-refractivity contribution in [3.05, 3.63) is 59.0 Å². The Kier molecular flexibility index (Phi) is 7.28. The molecule has 7 heteroatoms. The highest BCUT2D eigenvalue weighted by molar-refractivity contribution is 6.05. The summed E-state index contributed by atoms with van der Waals surface area (Å²) in [6.07, 6.45) is 4.60. The van der Waals surface area contributed by atoms with Crippen molar-refractivity contribution in [1.29, 1.82) is 0 Å². The minimum atomic E-state index is -0.523. The third kappa shape index (κ3) is 5.23. The molecule has 0 fully saturated rings. The molecule has 0 spiro atoms. The van der Waals surface area contributed by atoms with Gasteiger partial charge in [-0.05, 0) is 38.8 Å². The maximum Gasteiger partial charge on any atom is 0.340 e. The third-order valence-corrected chi connectivity index (χ3v) is 5.51. The summed E-state index contributed by atoms with van der Waals surface area (Å²) < 4.78 is 12.0. The fraction of sp³-hybridized carbons (Fsp3) is 0.375. The molecule has 31 heavy (non-hydrogen) atoms. The van der Waals surface area contributed by atoms with Crippen LogP contribution in [0.25, 0.3) is 10.9 Å². The monoisotopic (exact) mass is 424 g/mol. The average molecular weight is 424 g/mol. The second-order valence-electron chi connectivity index (χ2n) is 7.57. The van der Waals surface area contributed by atoms with Crippen LogP contribution in [-0.4, -0.2) is 41.0 Å². The molecule has 0 saturated heterocycles. The van der Waals surface area contributed by atoms with E-state index in [1.165, 1.54) is 7.11 Å². The third-order valence-electron chi connectivity index (χ3n) is 5.51. The number of unbranched alkanes of at least 4 members (excludes halogenated alkanes) is 2. The summed E-state index contributed by atoms with van der Waals surface area (Å²) in [5.74, 6) is -0.938. The highest BCUT2D eigenvalue weighted by Gasteiger charge is 2.19. The first kappa shape index (κ1) is 22.3. The molecule has 0 aliphatic carbocycles. The van der Waals surface area contributed by atoms with Gasteiger partial charge in [0.25, 0.3) is 0 Å². The summed E-state index contributed by atoms with van der Waals surface area (Å²) in [5, 5.41) is 0.769. The van der Waals surface area contributed by atoms with Crippen molar-refractivity contribution in [2.24, 2.45) is 0 Å². The number of hydrogen-bond donors (Lipinski definition) is 1. The van der Waals surface area contributed by atoms with E-state index in [0.29, 0.717) is 17.5 Å². The zero-order valence-electron chi connectivity index (χ0n) is 18.2. The predicted molar refractivity (Wildman–Crippen MR) is 117 cm³/mol. The maximum absolute atomic E-state index is 12.7. The van der Waals surface area contributed by atoms with Crippen LogP contribution >= 0.6 is 0 Å². The number of para-hydroxylation sites is 1. The van der Waals surface area contributed by atoms with Gasteiger partial charge in [-0.3, -0.25) is 9.59 Å². The van der Waals surface area contributed by atoms with Crippen LogP contribution in [-0.2, 0) is 20.8 Å². The number of ketones is 1. The molecule has 0 radical (unpaired) electrons. The lowest BCUT2D eigenvalue weighted by molar-refractivity contribution is -0.140. The van der Waals surface area contributed by atoms with Gasteiger partial charge in [-0.1, -0.05) is 24.6 Å². The summed E-state index contributed by atoms with van der Waals surface area (Å²) in [5.41, 5.74) is 3.67. The van der Waals surface area contributed by atoms with Crippen LogP contribution in [0.2, 0.25) is 0 Å². The highest BCUT2D eigenvalue weighted by atomic mass is 16.5. The van der Waals surface area contributed by atoms with Crippen LogP contribution in [0.3, 0.4) is 0 Å². The topological polar surface area (TPSA) is 90.4 Å². The fourth-order valence-corrected chi connectivity index (χ4v) is 3.77. The second kappa shape index (κ2) is 10.1. The number of rotatable bonds is 10. The number of aryl methyl sites for hydroxylation is 1. The molecule has 1 N–H and O–H groups in total. The first-order valence-electron chi connectivity index (χ1n) is 10.4. The summed E-state index contributed by atoms with van der Waals surface area (Å²) >= 11 is 0. The van der Waals surface area contributed by atoms with E-state index >= 15 is 0 Å². The van der Waals surface area contributed by atoms with Crippen LogP contribution in [0.1, 0.15) is 57.8 Å². The van der Waals surface area contributed by atoms with Gasteiger partial charge >= 0.3 is 11.9 Å². The molecular weight excluding hydrogens is 396 g/mol. The Morgan fingerprint density at radius 1 is 1.03 bits per heavy atom. The van der Waals surface area contributed by atoms with E-state index in [2.05, 4.69) is 14.3 Å². The Balaban J connectivity index is 1.56. The fourth-order valence-electron chi connectivity index (χ4n) is 3.77. The molecule has 1 aromatic carbocycles. The minimum Gasteiger partial charge on any atom is -0.469 e. The SMILES string of the molecule is COC(=O)CCCCCn1c(C)cc(C(=O)COC(=O)c2c[nH]c3ccccc23)c1C. The molecule has 0 aliphatic heterocycles. The van der Waals surface area contributed by atoms with E-state index in [1.54, 1.807) is 6.20 Å². The molecule has 7 nitrogen and oxygen atoms in total. The van der Waals surface area contributed by atoms with E-state index in [9.17, 15) is 14.4 Å². The quantitative estimate of drug-likeness (QED) is 0.297. The van der Waals surface area contributed by atoms with Gasteiger partial charge in [-0.15, -0.1) is 0 Å². The summed E-state index contributed by atoms with van der Waals surface area (Å²) in [6.45, 7) is 4.31. The van der Waals surface area contributed by atoms with E-state index in [-0.39, 0.29) is 18.4 Å². The lowest BCUT2D eigenvalue weighted by Gasteiger charge is -2.10. The van der Waals surface area contributed by atoms with Crippen LogP contribution in [0.4, 0.5) is 0 Å². The number of aromatic amines is 1. The summed E-state index contributed by atoms with van der Waals surface area (Å²) in [7, 11) is 1.39. The van der Waals surface area contributed by atoms with Crippen molar-refractivity contribution < 1.29 is 23.9 Å². The number of H-pyrrole nitrogens is 1. The van der Waals surface area contributed by atoms with Gasteiger partial charge < -0.3 is 19.0 Å². The van der Waals surface area contributed by atoms with Crippen molar-refractivity contribution >= 4 is 28.6 Å². The number of hydrogen-bond acceptors (Lipinski definition) is 5. The molecule has 0 aliphatic rings. The number of nitrogens with one attached hydrogen (secondary N) is 1. The number of ether oxygens (including phenoxy) is 2. The van der Waals surface area contributed by atoms with Crippen molar-refractivity contribution in [3.8, 4) is 0 Å². The van der Waals surface area contributed by atoms with Crippen molar-refractivity contribution in [3.63, 3.8) is 0 Å². The van der Waals surface area contributed by atoms with Gasteiger partial charge in [0.1, 0.15) is 0 Å². The van der Waals surface area contributed by atoms with E-state index in [0.717, 1.165) is 48.1 Å². The van der Waals surface area contributed by atoms with Crippen molar-refractivity contribution in [1.82, 2.24) is 9.55 Å². The molecule has 0 bridgehead atoms. The van der Waals surface area contributed by atoms with Crippen molar-refractivity contribution in [2.45, 2.75) is 46.1 Å². The molecule has 2 aromatic heterocycles. The van der Waals surface area contributed by atoms with Crippen molar-refractivity contribution in [2.75, 3.05) is 13.7 Å². The Morgan fingerprint density at radius 2 is 1.81 bits per heavy atom. The van der Waals surface area contributed by atoms with Gasteiger partial charge in [0, 0.05) is 47.0 Å². The molecule has 0 saturated carbocycles. The van der Waals surface area contributed by atoms with Crippen LogP contribution < -0.4 is 0 Å². The number of carbonyl (C=O) groups is 3. The number of Topliss-reactive ketones (excluding diaryl/α,β-unsaturated/α-hetero) is 1. The number of esters is 2. The van der Waals surface area contributed by atoms with Crippen LogP contribution in [0.5, 0.6) is 0 Å². The molecule has 0 amide bonds. The van der Waals surface area contributed by atoms with E-state index in [4.69, 9.17) is 4.74 Å². The number of fused-ring (bicyclic) bond motifs is 1. The first-order chi connectivity index (χ1) is 14.9. The van der Waals surface area contributed by atoms with E-state index < -0.39 is 5.97 Å². The van der Waals surface area contributed by atoms with Gasteiger partial charge in [-0.25, -0.2) is 4.79 Å². The lowest BCUT2D eigenvalue weighted by Crippen LogP contribution is -2.15. The van der Waals surface area contributed by atoms with Crippen LogP contribution in [0, 0.1) is 13.8 Å². The Hall–Kier alpha value is -3.35. The lowest BCUT2D eigenvalue weighted by atomic mass is 10.1. The Bertz CT molecular complexity index is 1090. The Morgan fingerprint density at radius 3 is 2.58 bits per heavy atom. The van der Waals surface area contributed by atoms with Crippen LogP contribution in [0.15, 0.2) is 36.5 Å². The van der Waals surface area contributed by atoms with E-state index in [1.807, 2.05) is 44.2 Å². The Labute approximate surface area is 181 Å². The molecule has 3 aromatic rings. The second-order valence-corrected chi connectivity index (χ2v) is 7.57. The number of carbonyl (C=O) groups excluding carboxylic acids is 3. The minimum absolute atomic E-state index is 0.191. The molecular formula is C24H28N2O5. The van der Waals surface area contributed by atoms with Gasteiger partial charge in [0.05, 0.1) is 12.7 Å². The molecule has 0 unspecified atom stereocenters. The first-order valence-corrected chi connectivity index (χ1v) is 10.4. The highest BCUT2D eigenvalue weighted by Crippen LogP contribution is 2.20. The summed E-state index contributed by atoms with van der Waals surface area (Å²) in [4.78, 5) is 39.4. The zero-order valence-corrected chi connectivity index (χ0v) is 18.2. The molecule has 2 heterocycles. The number of methoxy groups -OCH3 is 1. The molecule has 164 valence electrons. The normalized spacial score (nSPS) is 10.9. The van der Waals surface area contributed by atoms with Gasteiger partial charge in [0.15, 0.2) is 6.61 Å². The van der Waals surface area contributed by atoms with Gasteiger partial charge in [0.2, 0.25) is 5.78 Å². The maximum atomic E-state index is 12.7. The predicted octanol–water partition coefficient (Wildman–Crippen LogP) is 4.36. The average Bonchev–Trinajstić information content (AvgIpc) is 3.32. The largest absolute Gasteiger partial charge is 0.469 e.